The monoisotopic (exact) mass is 431 g/mol. The number of carbonyl (C=O) groups excluding carboxylic acids is 1. The van der Waals surface area contributed by atoms with Crippen LogP contribution in [0.3, 0.4) is 0 Å². The van der Waals surface area contributed by atoms with Crippen molar-refractivity contribution in [3.8, 4) is 11.1 Å². The summed E-state index contributed by atoms with van der Waals surface area (Å²) in [6.45, 7) is 10.4. The molecule has 6 heteroatoms. The van der Waals surface area contributed by atoms with Crippen LogP contribution < -0.4 is 5.32 Å². The average molecular weight is 432 g/mol. The van der Waals surface area contributed by atoms with Gasteiger partial charge in [0.05, 0.1) is 6.54 Å². The van der Waals surface area contributed by atoms with Gasteiger partial charge in [0.25, 0.3) is 5.91 Å². The Morgan fingerprint density at radius 3 is 2.44 bits per heavy atom. The van der Waals surface area contributed by atoms with Crippen LogP contribution in [0.4, 0.5) is 0 Å². The van der Waals surface area contributed by atoms with Gasteiger partial charge in [-0.25, -0.2) is 0 Å². The Balaban J connectivity index is 1.31. The lowest BCUT2D eigenvalue weighted by Gasteiger charge is -2.33. The Hall–Kier alpha value is -2.96. The largest absolute Gasteiger partial charge is 0.352 e. The van der Waals surface area contributed by atoms with E-state index in [-0.39, 0.29) is 5.91 Å². The predicted molar refractivity (Wildman–Crippen MR) is 129 cm³/mol. The summed E-state index contributed by atoms with van der Waals surface area (Å²) >= 11 is 0. The molecule has 32 heavy (non-hydrogen) atoms. The predicted octanol–water partition coefficient (Wildman–Crippen LogP) is 3.36. The zero-order valence-corrected chi connectivity index (χ0v) is 18.9. The first-order valence-corrected chi connectivity index (χ1v) is 11.6. The smallest absolute Gasteiger partial charge is 0.251 e. The van der Waals surface area contributed by atoms with Gasteiger partial charge in [0.2, 0.25) is 0 Å². The lowest BCUT2D eigenvalue weighted by molar-refractivity contribution is 0.0949. The van der Waals surface area contributed by atoms with Crippen molar-refractivity contribution in [2.24, 2.45) is 0 Å². The summed E-state index contributed by atoms with van der Waals surface area (Å²) in [5.41, 5.74) is 3.92. The third-order valence-corrected chi connectivity index (χ3v) is 6.19. The Morgan fingerprint density at radius 2 is 1.72 bits per heavy atom. The highest BCUT2D eigenvalue weighted by Crippen LogP contribution is 2.24. The molecule has 1 saturated heterocycles. The zero-order valence-electron chi connectivity index (χ0n) is 18.9. The van der Waals surface area contributed by atoms with Crippen LogP contribution in [0.1, 0.15) is 29.3 Å². The molecular formula is C26H33N5O. The highest BCUT2D eigenvalue weighted by Gasteiger charge is 2.15. The van der Waals surface area contributed by atoms with E-state index in [1.807, 2.05) is 41.2 Å². The van der Waals surface area contributed by atoms with Gasteiger partial charge >= 0.3 is 0 Å². The summed E-state index contributed by atoms with van der Waals surface area (Å²) in [5.74, 6) is -0.00276. The Bertz CT molecular complexity index is 976. The van der Waals surface area contributed by atoms with E-state index in [4.69, 9.17) is 0 Å². The van der Waals surface area contributed by atoms with Crippen LogP contribution >= 0.6 is 0 Å². The number of nitrogens with one attached hydrogen (secondary N) is 1. The first-order chi connectivity index (χ1) is 15.7. The molecule has 1 fully saturated rings. The van der Waals surface area contributed by atoms with Gasteiger partial charge in [-0.2, -0.15) is 5.10 Å². The molecule has 1 N–H and O–H groups in total. The van der Waals surface area contributed by atoms with E-state index in [2.05, 4.69) is 51.4 Å². The summed E-state index contributed by atoms with van der Waals surface area (Å²) in [6.07, 6.45) is 4.72. The standard InChI is InChI=1S/C26H33N5O/c1-2-29-17-19-30(20-18-29)15-5-13-27-26(32)25-8-4-3-7-24(25)23-11-9-22(10-12-23)21-31-16-6-14-28-31/h3-4,6-12,14,16H,2,5,13,15,17-21H2,1H3,(H,27,32). The summed E-state index contributed by atoms with van der Waals surface area (Å²) in [4.78, 5) is 17.9. The van der Waals surface area contributed by atoms with Gasteiger partial charge in [-0.1, -0.05) is 49.4 Å². The van der Waals surface area contributed by atoms with E-state index in [1.165, 1.54) is 5.56 Å². The number of piperazine rings is 1. The van der Waals surface area contributed by atoms with E-state index >= 15 is 0 Å². The Morgan fingerprint density at radius 1 is 0.969 bits per heavy atom. The van der Waals surface area contributed by atoms with Gasteiger partial charge in [-0.05, 0) is 48.3 Å². The maximum atomic E-state index is 12.9. The molecule has 168 valence electrons. The fraction of sp³-hybridized carbons (Fsp3) is 0.385. The second kappa shape index (κ2) is 11.1. The second-order valence-electron chi connectivity index (χ2n) is 8.33. The van der Waals surface area contributed by atoms with Crippen LogP contribution in [-0.2, 0) is 6.54 Å². The lowest BCUT2D eigenvalue weighted by atomic mass is 9.98. The maximum Gasteiger partial charge on any atom is 0.251 e. The number of hydrogen-bond acceptors (Lipinski definition) is 4. The van der Waals surface area contributed by atoms with Crippen LogP contribution in [0.15, 0.2) is 67.0 Å². The van der Waals surface area contributed by atoms with Crippen molar-refractivity contribution >= 4 is 5.91 Å². The fourth-order valence-corrected chi connectivity index (χ4v) is 4.23. The van der Waals surface area contributed by atoms with Crippen molar-refractivity contribution in [3.05, 3.63) is 78.1 Å². The molecule has 4 rings (SSSR count). The quantitative estimate of drug-likeness (QED) is 0.528. The van der Waals surface area contributed by atoms with Crippen molar-refractivity contribution in [2.75, 3.05) is 45.8 Å². The molecule has 1 aromatic heterocycles. The molecule has 0 aliphatic carbocycles. The number of nitrogens with zero attached hydrogens (tertiary/aromatic N) is 4. The van der Waals surface area contributed by atoms with Crippen LogP contribution in [0, 0.1) is 0 Å². The number of benzene rings is 2. The number of amides is 1. The van der Waals surface area contributed by atoms with Crippen LogP contribution in [0.2, 0.25) is 0 Å². The second-order valence-corrected chi connectivity index (χ2v) is 8.33. The molecule has 1 aliphatic heterocycles. The SMILES string of the molecule is CCN1CCN(CCCNC(=O)c2ccccc2-c2ccc(Cn3cccn3)cc2)CC1. The molecule has 0 unspecified atom stereocenters. The lowest BCUT2D eigenvalue weighted by Crippen LogP contribution is -2.46. The van der Waals surface area contributed by atoms with Gasteiger partial charge in [-0.15, -0.1) is 0 Å². The summed E-state index contributed by atoms with van der Waals surface area (Å²) in [5, 5.41) is 7.38. The minimum atomic E-state index is -0.00276. The average Bonchev–Trinajstić information content (AvgIpc) is 3.36. The highest BCUT2D eigenvalue weighted by molar-refractivity contribution is 6.00. The topological polar surface area (TPSA) is 53.4 Å². The van der Waals surface area contributed by atoms with Gasteiger partial charge in [0.15, 0.2) is 0 Å². The first kappa shape index (κ1) is 22.2. The minimum Gasteiger partial charge on any atom is -0.352 e. The number of likely N-dealkylation sites (N-methyl/N-ethyl adjacent to an activating group) is 1. The van der Waals surface area contributed by atoms with Crippen LogP contribution in [0.5, 0.6) is 0 Å². The van der Waals surface area contributed by atoms with Gasteiger partial charge in [0.1, 0.15) is 0 Å². The molecule has 0 bridgehead atoms. The summed E-state index contributed by atoms with van der Waals surface area (Å²) in [6, 6.07) is 18.1. The summed E-state index contributed by atoms with van der Waals surface area (Å²) < 4.78 is 1.90. The number of hydrogen-bond donors (Lipinski definition) is 1. The molecule has 0 radical (unpaired) electrons. The molecule has 1 aliphatic rings. The van der Waals surface area contributed by atoms with Crippen LogP contribution in [-0.4, -0.2) is 71.3 Å². The van der Waals surface area contributed by atoms with Crippen molar-refractivity contribution in [3.63, 3.8) is 0 Å². The van der Waals surface area contributed by atoms with Crippen molar-refractivity contribution in [1.29, 1.82) is 0 Å². The van der Waals surface area contributed by atoms with E-state index in [0.29, 0.717) is 6.54 Å². The molecule has 3 aromatic rings. The highest BCUT2D eigenvalue weighted by atomic mass is 16.1. The Kier molecular flexibility index (Phi) is 7.69. The molecule has 6 nitrogen and oxygen atoms in total. The zero-order chi connectivity index (χ0) is 22.2. The Labute approximate surface area is 190 Å². The van der Waals surface area contributed by atoms with Gasteiger partial charge in [-0.3, -0.25) is 9.48 Å². The number of rotatable bonds is 9. The van der Waals surface area contributed by atoms with Crippen molar-refractivity contribution < 1.29 is 4.79 Å². The van der Waals surface area contributed by atoms with Crippen LogP contribution in [0.25, 0.3) is 11.1 Å². The van der Waals surface area contributed by atoms with Gasteiger partial charge in [0, 0.05) is 50.7 Å². The normalized spacial score (nSPS) is 15.0. The minimum absolute atomic E-state index is 0.00276. The van der Waals surface area contributed by atoms with Crippen molar-refractivity contribution in [2.45, 2.75) is 19.9 Å². The third kappa shape index (κ3) is 5.84. The molecule has 2 heterocycles. The van der Waals surface area contributed by atoms with E-state index in [1.54, 1.807) is 6.20 Å². The molecule has 0 atom stereocenters. The third-order valence-electron chi connectivity index (χ3n) is 6.19. The number of carbonyl (C=O) groups is 1. The molecule has 1 amide bonds. The maximum absolute atomic E-state index is 12.9. The van der Waals surface area contributed by atoms with Crippen molar-refractivity contribution in [1.82, 2.24) is 24.9 Å². The van der Waals surface area contributed by atoms with E-state index in [9.17, 15) is 4.79 Å². The number of aromatic nitrogens is 2. The van der Waals surface area contributed by atoms with E-state index in [0.717, 1.165) is 68.9 Å². The van der Waals surface area contributed by atoms with E-state index < -0.39 is 0 Å². The molecule has 0 spiro atoms. The molecule has 0 saturated carbocycles. The first-order valence-electron chi connectivity index (χ1n) is 11.6. The summed E-state index contributed by atoms with van der Waals surface area (Å²) in [7, 11) is 0. The van der Waals surface area contributed by atoms with Gasteiger partial charge < -0.3 is 15.1 Å². The molecule has 2 aromatic carbocycles. The molecular weight excluding hydrogens is 398 g/mol. The fourth-order valence-electron chi connectivity index (χ4n) is 4.23.